The number of hydrogen-bond acceptors (Lipinski definition) is 2. The van der Waals surface area contributed by atoms with E-state index < -0.39 is 16.6 Å². The van der Waals surface area contributed by atoms with Crippen molar-refractivity contribution >= 4 is 11.0 Å². The normalized spacial score (nSPS) is 33.7. The van der Waals surface area contributed by atoms with Crippen molar-refractivity contribution in [3.05, 3.63) is 0 Å². The maximum atomic E-state index is 12.0. The van der Waals surface area contributed by atoms with Crippen LogP contribution in [0.5, 0.6) is 0 Å². The molecule has 3 atom stereocenters. The molecule has 0 aromatic rings. The minimum atomic E-state index is -1.09. The summed E-state index contributed by atoms with van der Waals surface area (Å²) in [6, 6.07) is -0.0219. The molecule has 0 saturated heterocycles. The third-order valence-electron chi connectivity index (χ3n) is 3.42. The van der Waals surface area contributed by atoms with Crippen LogP contribution in [-0.2, 0) is 11.0 Å². The van der Waals surface area contributed by atoms with Crippen LogP contribution in [0.25, 0.3) is 0 Å². The van der Waals surface area contributed by atoms with Gasteiger partial charge in [0, 0.05) is 6.04 Å². The minimum Gasteiger partial charge on any atom is -0.388 e. The monoisotopic (exact) mass is 247 g/mol. The molecule has 3 nitrogen and oxygen atoms in total. The topological polar surface area (TPSA) is 49.3 Å². The summed E-state index contributed by atoms with van der Waals surface area (Å²) in [5.41, 5.74) is -0.667. The molecule has 1 aliphatic carbocycles. The second-order valence-corrected chi connectivity index (χ2v) is 7.75. The Hall–Kier alpha value is 0.0700. The maximum absolute atomic E-state index is 12.0. The Kier molecular flexibility index (Phi) is 4.55. The van der Waals surface area contributed by atoms with Crippen LogP contribution in [-0.4, -0.2) is 25.7 Å². The fraction of sp³-hybridized carbons (Fsp3) is 1.00. The zero-order valence-electron chi connectivity index (χ0n) is 10.9. The van der Waals surface area contributed by atoms with Crippen LogP contribution in [0.15, 0.2) is 0 Å². The lowest BCUT2D eigenvalue weighted by Gasteiger charge is -2.40. The van der Waals surface area contributed by atoms with E-state index in [0.717, 1.165) is 32.1 Å². The molecule has 0 unspecified atom stereocenters. The van der Waals surface area contributed by atoms with Crippen molar-refractivity contribution in [3.63, 3.8) is 0 Å². The molecule has 1 saturated carbocycles. The molecule has 16 heavy (non-hydrogen) atoms. The van der Waals surface area contributed by atoms with Crippen molar-refractivity contribution in [2.24, 2.45) is 0 Å². The van der Waals surface area contributed by atoms with Gasteiger partial charge in [-0.25, -0.2) is 8.93 Å². The van der Waals surface area contributed by atoms with Gasteiger partial charge in [-0.1, -0.05) is 19.8 Å². The Bertz CT molecular complexity index is 262. The molecule has 0 spiro atoms. The lowest BCUT2D eigenvalue weighted by molar-refractivity contribution is -0.0224. The number of hydrogen-bond donors (Lipinski definition) is 2. The van der Waals surface area contributed by atoms with Crippen molar-refractivity contribution in [2.75, 3.05) is 0 Å². The van der Waals surface area contributed by atoms with Crippen LogP contribution in [0.4, 0.5) is 0 Å². The van der Waals surface area contributed by atoms with Crippen molar-refractivity contribution < 1.29 is 9.32 Å². The van der Waals surface area contributed by atoms with Crippen LogP contribution in [0.1, 0.15) is 59.8 Å². The van der Waals surface area contributed by atoms with Gasteiger partial charge < -0.3 is 5.11 Å². The average molecular weight is 247 g/mol. The third-order valence-corrected chi connectivity index (χ3v) is 5.03. The smallest absolute Gasteiger partial charge is 0.0973 e. The molecule has 1 rings (SSSR count). The van der Waals surface area contributed by atoms with Crippen LogP contribution in [0, 0.1) is 0 Å². The molecule has 2 N–H and O–H groups in total. The number of aliphatic hydroxyl groups is 1. The summed E-state index contributed by atoms with van der Waals surface area (Å²) in [6.07, 6.45) is 4.66. The Morgan fingerprint density at radius 3 is 2.56 bits per heavy atom. The van der Waals surface area contributed by atoms with Gasteiger partial charge in [-0.2, -0.15) is 0 Å². The molecule has 1 aliphatic rings. The van der Waals surface area contributed by atoms with Crippen LogP contribution < -0.4 is 4.72 Å². The summed E-state index contributed by atoms with van der Waals surface area (Å²) >= 11 is 0. The molecule has 0 radical (unpaired) electrons. The fourth-order valence-corrected chi connectivity index (χ4v) is 3.07. The summed E-state index contributed by atoms with van der Waals surface area (Å²) in [5, 5.41) is 10.5. The van der Waals surface area contributed by atoms with E-state index in [4.69, 9.17) is 0 Å². The first-order chi connectivity index (χ1) is 7.29. The Morgan fingerprint density at radius 2 is 2.06 bits per heavy atom. The van der Waals surface area contributed by atoms with Gasteiger partial charge in [0.25, 0.3) is 0 Å². The molecule has 0 amide bonds. The van der Waals surface area contributed by atoms with Crippen LogP contribution >= 0.6 is 0 Å². The van der Waals surface area contributed by atoms with E-state index in [1.807, 2.05) is 27.7 Å². The first-order valence-electron chi connectivity index (χ1n) is 6.20. The van der Waals surface area contributed by atoms with Gasteiger partial charge in [0.05, 0.1) is 21.3 Å². The van der Waals surface area contributed by atoms with E-state index >= 15 is 0 Å². The Labute approximate surface area is 102 Å². The lowest BCUT2D eigenvalue weighted by atomic mass is 9.79. The second-order valence-electron chi connectivity index (χ2n) is 5.75. The molecule has 0 aromatic carbocycles. The summed E-state index contributed by atoms with van der Waals surface area (Å²) in [7, 11) is -1.09. The summed E-state index contributed by atoms with van der Waals surface area (Å²) in [5.74, 6) is 0. The van der Waals surface area contributed by atoms with E-state index in [0.29, 0.717) is 0 Å². The summed E-state index contributed by atoms with van der Waals surface area (Å²) in [6.45, 7) is 7.85. The Balaban J connectivity index is 2.67. The largest absolute Gasteiger partial charge is 0.388 e. The molecular formula is C12H25NO2S. The predicted octanol–water partition coefficient (Wildman–Crippen LogP) is 2.12. The molecule has 0 aromatic heterocycles. The van der Waals surface area contributed by atoms with Gasteiger partial charge in [0.2, 0.25) is 0 Å². The van der Waals surface area contributed by atoms with Crippen molar-refractivity contribution in [3.8, 4) is 0 Å². The van der Waals surface area contributed by atoms with Gasteiger partial charge in [-0.05, 0) is 40.0 Å². The molecule has 1 fully saturated rings. The quantitative estimate of drug-likeness (QED) is 0.802. The fourth-order valence-electron chi connectivity index (χ4n) is 2.12. The summed E-state index contributed by atoms with van der Waals surface area (Å²) < 4.78 is 14.9. The highest BCUT2D eigenvalue weighted by Gasteiger charge is 2.39. The standard InChI is InChI=1S/C12H25NO2S/c1-5-12(14)9-7-6-8-10(12)13-16(15)11(2,3)4/h10,13-14H,5-9H2,1-4H3/t10-,12-,16+/m0/s1. The zero-order valence-corrected chi connectivity index (χ0v) is 11.7. The molecule has 96 valence electrons. The van der Waals surface area contributed by atoms with E-state index in [1.54, 1.807) is 0 Å². The van der Waals surface area contributed by atoms with E-state index in [9.17, 15) is 9.32 Å². The first-order valence-corrected chi connectivity index (χ1v) is 7.35. The molecule has 0 bridgehead atoms. The highest BCUT2D eigenvalue weighted by atomic mass is 32.2. The third kappa shape index (κ3) is 3.28. The van der Waals surface area contributed by atoms with Gasteiger partial charge in [-0.15, -0.1) is 0 Å². The van der Waals surface area contributed by atoms with E-state index in [-0.39, 0.29) is 10.8 Å². The predicted molar refractivity (Wildman–Crippen MR) is 68.5 cm³/mol. The van der Waals surface area contributed by atoms with Gasteiger partial charge in [0.1, 0.15) is 0 Å². The van der Waals surface area contributed by atoms with Crippen molar-refractivity contribution in [2.45, 2.75) is 76.2 Å². The van der Waals surface area contributed by atoms with Crippen molar-refractivity contribution in [1.29, 1.82) is 0 Å². The number of rotatable bonds is 3. The zero-order chi connectivity index (χ0) is 12.4. The van der Waals surface area contributed by atoms with E-state index in [2.05, 4.69) is 4.72 Å². The first kappa shape index (κ1) is 14.1. The van der Waals surface area contributed by atoms with Gasteiger partial charge >= 0.3 is 0 Å². The number of nitrogens with one attached hydrogen (secondary N) is 1. The molecule has 0 heterocycles. The molecule has 0 aliphatic heterocycles. The molecular weight excluding hydrogens is 222 g/mol. The SMILES string of the molecule is CC[C@]1(O)CCCC[C@@H]1N[S@](=O)C(C)(C)C. The van der Waals surface area contributed by atoms with Crippen LogP contribution in [0.3, 0.4) is 0 Å². The Morgan fingerprint density at radius 1 is 1.44 bits per heavy atom. The van der Waals surface area contributed by atoms with Gasteiger partial charge in [0.15, 0.2) is 0 Å². The highest BCUT2D eigenvalue weighted by Crippen LogP contribution is 2.31. The van der Waals surface area contributed by atoms with E-state index in [1.165, 1.54) is 0 Å². The average Bonchev–Trinajstić information content (AvgIpc) is 2.20. The van der Waals surface area contributed by atoms with Gasteiger partial charge in [-0.3, -0.25) is 0 Å². The summed E-state index contributed by atoms with van der Waals surface area (Å²) in [4.78, 5) is 0. The maximum Gasteiger partial charge on any atom is 0.0973 e. The lowest BCUT2D eigenvalue weighted by Crippen LogP contribution is -2.54. The molecule has 4 heteroatoms. The van der Waals surface area contributed by atoms with Crippen LogP contribution in [0.2, 0.25) is 0 Å². The second kappa shape index (κ2) is 5.15. The minimum absolute atomic E-state index is 0.0219. The highest BCUT2D eigenvalue weighted by molar-refractivity contribution is 7.84. The van der Waals surface area contributed by atoms with Crippen molar-refractivity contribution in [1.82, 2.24) is 4.72 Å².